The van der Waals surface area contributed by atoms with Crippen molar-refractivity contribution in [3.05, 3.63) is 23.8 Å². The summed E-state index contributed by atoms with van der Waals surface area (Å²) in [7, 11) is 0. The molecule has 0 bridgehead atoms. The molecule has 2 amide bonds. The Labute approximate surface area is 132 Å². The van der Waals surface area contributed by atoms with Gasteiger partial charge in [0.05, 0.1) is 11.4 Å². The fraction of sp³-hybridized carbons (Fsp3) is 0.400. The third-order valence-corrected chi connectivity index (χ3v) is 4.88. The molecule has 0 aromatic heterocycles. The molecular formula is C15H16N2O4S. The van der Waals surface area contributed by atoms with E-state index in [4.69, 9.17) is 5.11 Å². The Bertz CT molecular complexity index is 640. The van der Waals surface area contributed by atoms with Gasteiger partial charge in [0, 0.05) is 23.5 Å². The van der Waals surface area contributed by atoms with Crippen LogP contribution >= 0.6 is 11.8 Å². The number of thioether (sulfide) groups is 1. The number of nitrogens with zero attached hydrogens (tertiary/aromatic N) is 2. The summed E-state index contributed by atoms with van der Waals surface area (Å²) in [6.07, 6.45) is 2.02. The highest BCUT2D eigenvalue weighted by atomic mass is 32.2. The van der Waals surface area contributed by atoms with Gasteiger partial charge in [0.1, 0.15) is 6.54 Å². The van der Waals surface area contributed by atoms with E-state index in [0.717, 1.165) is 30.8 Å². The van der Waals surface area contributed by atoms with Gasteiger partial charge < -0.3 is 10.0 Å². The Morgan fingerprint density at radius 3 is 2.64 bits per heavy atom. The van der Waals surface area contributed by atoms with E-state index in [0.29, 0.717) is 11.3 Å². The summed E-state index contributed by atoms with van der Waals surface area (Å²) < 4.78 is 0. The summed E-state index contributed by atoms with van der Waals surface area (Å²) >= 11 is 1.37. The summed E-state index contributed by atoms with van der Waals surface area (Å²) in [6, 6.07) is 5.19. The predicted octanol–water partition coefficient (Wildman–Crippen LogP) is 1.45. The Morgan fingerprint density at radius 1 is 1.23 bits per heavy atom. The standard InChI is InChI=1S/C15H16N2O4S/c18-13-9-22-12-4-3-10(15(21)16-5-1-2-6-16)7-11(12)17(13)8-14(19)20/h3-4,7H,1-2,5-6,8-9H2,(H,19,20). The van der Waals surface area contributed by atoms with Gasteiger partial charge in [-0.2, -0.15) is 0 Å². The minimum absolute atomic E-state index is 0.0569. The van der Waals surface area contributed by atoms with E-state index in [-0.39, 0.29) is 24.1 Å². The largest absolute Gasteiger partial charge is 0.480 e. The van der Waals surface area contributed by atoms with Crippen LogP contribution in [-0.4, -0.2) is 53.2 Å². The van der Waals surface area contributed by atoms with Crippen LogP contribution in [0, 0.1) is 0 Å². The Balaban J connectivity index is 1.93. The zero-order chi connectivity index (χ0) is 15.7. The van der Waals surface area contributed by atoms with Crippen LogP contribution in [-0.2, 0) is 9.59 Å². The lowest BCUT2D eigenvalue weighted by Crippen LogP contribution is -2.39. The number of carboxylic acids is 1. The number of carbonyl (C=O) groups is 3. The second kappa shape index (κ2) is 6.00. The van der Waals surface area contributed by atoms with Gasteiger partial charge in [0.25, 0.3) is 5.91 Å². The maximum atomic E-state index is 12.4. The molecule has 0 radical (unpaired) electrons. The first-order chi connectivity index (χ1) is 10.6. The molecule has 1 saturated heterocycles. The molecule has 1 N–H and O–H groups in total. The molecule has 1 fully saturated rings. The second-order valence-corrected chi connectivity index (χ2v) is 6.36. The highest BCUT2D eigenvalue weighted by Crippen LogP contribution is 2.36. The molecule has 7 heteroatoms. The number of amides is 2. The summed E-state index contributed by atoms with van der Waals surface area (Å²) in [6.45, 7) is 1.12. The average molecular weight is 320 g/mol. The Morgan fingerprint density at radius 2 is 1.95 bits per heavy atom. The van der Waals surface area contributed by atoms with E-state index in [9.17, 15) is 14.4 Å². The number of aliphatic carboxylic acids is 1. The van der Waals surface area contributed by atoms with Crippen molar-refractivity contribution in [3.63, 3.8) is 0 Å². The van der Waals surface area contributed by atoms with Crippen LogP contribution in [0.3, 0.4) is 0 Å². The van der Waals surface area contributed by atoms with Crippen LogP contribution in [0.2, 0.25) is 0 Å². The number of hydrogen-bond acceptors (Lipinski definition) is 4. The van der Waals surface area contributed by atoms with Crippen LogP contribution in [0.25, 0.3) is 0 Å². The molecule has 1 aromatic carbocycles. The van der Waals surface area contributed by atoms with Crippen molar-refractivity contribution in [1.29, 1.82) is 0 Å². The first kappa shape index (κ1) is 14.9. The number of carboxylic acid groups (broad SMARTS) is 1. The highest BCUT2D eigenvalue weighted by molar-refractivity contribution is 8.00. The molecule has 1 aromatic rings. The van der Waals surface area contributed by atoms with Crippen molar-refractivity contribution in [3.8, 4) is 0 Å². The highest BCUT2D eigenvalue weighted by Gasteiger charge is 2.28. The second-order valence-electron chi connectivity index (χ2n) is 5.34. The molecule has 0 saturated carbocycles. The maximum absolute atomic E-state index is 12.4. The van der Waals surface area contributed by atoms with Crippen LogP contribution < -0.4 is 4.90 Å². The minimum Gasteiger partial charge on any atom is -0.480 e. The molecule has 2 aliphatic heterocycles. The van der Waals surface area contributed by atoms with Gasteiger partial charge in [0.2, 0.25) is 5.91 Å². The van der Waals surface area contributed by atoms with E-state index < -0.39 is 5.97 Å². The lowest BCUT2D eigenvalue weighted by Gasteiger charge is -2.28. The quantitative estimate of drug-likeness (QED) is 0.912. The van der Waals surface area contributed by atoms with Crippen molar-refractivity contribution in [2.75, 3.05) is 30.3 Å². The van der Waals surface area contributed by atoms with Gasteiger partial charge in [-0.15, -0.1) is 11.8 Å². The summed E-state index contributed by atoms with van der Waals surface area (Å²) in [4.78, 5) is 39.3. The van der Waals surface area contributed by atoms with Crippen molar-refractivity contribution in [2.24, 2.45) is 0 Å². The molecule has 3 rings (SSSR count). The van der Waals surface area contributed by atoms with Gasteiger partial charge in [-0.25, -0.2) is 0 Å². The smallest absolute Gasteiger partial charge is 0.323 e. The lowest BCUT2D eigenvalue weighted by molar-refractivity contribution is -0.136. The number of benzene rings is 1. The number of anilines is 1. The Hall–Kier alpha value is -2.02. The Kier molecular flexibility index (Phi) is 4.06. The third-order valence-electron chi connectivity index (χ3n) is 3.84. The monoisotopic (exact) mass is 320 g/mol. The maximum Gasteiger partial charge on any atom is 0.323 e. The van der Waals surface area contributed by atoms with Crippen molar-refractivity contribution in [2.45, 2.75) is 17.7 Å². The van der Waals surface area contributed by atoms with Crippen molar-refractivity contribution < 1.29 is 19.5 Å². The number of fused-ring (bicyclic) bond motifs is 1. The van der Waals surface area contributed by atoms with Gasteiger partial charge in [-0.1, -0.05) is 0 Å². The van der Waals surface area contributed by atoms with E-state index in [1.807, 2.05) is 0 Å². The summed E-state index contributed by atoms with van der Waals surface area (Å²) in [5.74, 6) is -1.15. The SMILES string of the molecule is O=C(O)CN1C(=O)CSc2ccc(C(=O)N3CCCC3)cc21. The molecule has 6 nitrogen and oxygen atoms in total. The van der Waals surface area contributed by atoms with Gasteiger partial charge in [-0.3, -0.25) is 19.3 Å². The molecule has 2 aliphatic rings. The molecule has 0 unspecified atom stereocenters. The number of rotatable bonds is 3. The zero-order valence-electron chi connectivity index (χ0n) is 11.9. The predicted molar refractivity (Wildman–Crippen MR) is 82.3 cm³/mol. The van der Waals surface area contributed by atoms with E-state index >= 15 is 0 Å². The van der Waals surface area contributed by atoms with Crippen LogP contribution in [0.5, 0.6) is 0 Å². The van der Waals surface area contributed by atoms with E-state index in [2.05, 4.69) is 0 Å². The third kappa shape index (κ3) is 2.81. The van der Waals surface area contributed by atoms with Crippen LogP contribution in [0.4, 0.5) is 5.69 Å². The zero-order valence-corrected chi connectivity index (χ0v) is 12.8. The first-order valence-electron chi connectivity index (χ1n) is 7.14. The van der Waals surface area contributed by atoms with E-state index in [1.54, 1.807) is 23.1 Å². The first-order valence-corrected chi connectivity index (χ1v) is 8.13. The molecule has 0 atom stereocenters. The van der Waals surface area contributed by atoms with Crippen molar-refractivity contribution >= 4 is 35.2 Å². The van der Waals surface area contributed by atoms with Crippen LogP contribution in [0.1, 0.15) is 23.2 Å². The molecular weight excluding hydrogens is 304 g/mol. The molecule has 116 valence electrons. The lowest BCUT2D eigenvalue weighted by atomic mass is 10.1. The summed E-state index contributed by atoms with van der Waals surface area (Å²) in [5, 5.41) is 8.98. The number of carbonyl (C=O) groups excluding carboxylic acids is 2. The number of hydrogen-bond donors (Lipinski definition) is 1. The molecule has 22 heavy (non-hydrogen) atoms. The van der Waals surface area contributed by atoms with Gasteiger partial charge in [0.15, 0.2) is 0 Å². The van der Waals surface area contributed by atoms with Crippen LogP contribution in [0.15, 0.2) is 23.1 Å². The number of likely N-dealkylation sites (tertiary alicyclic amines) is 1. The fourth-order valence-electron chi connectivity index (χ4n) is 2.75. The molecule has 0 spiro atoms. The normalized spacial score (nSPS) is 17.5. The van der Waals surface area contributed by atoms with Gasteiger partial charge in [-0.05, 0) is 31.0 Å². The average Bonchev–Trinajstić information content (AvgIpc) is 3.03. The molecule has 0 aliphatic carbocycles. The van der Waals surface area contributed by atoms with Gasteiger partial charge >= 0.3 is 5.97 Å². The fourth-order valence-corrected chi connectivity index (χ4v) is 3.66. The van der Waals surface area contributed by atoms with Crippen molar-refractivity contribution in [1.82, 2.24) is 4.90 Å². The molecule has 2 heterocycles. The summed E-state index contributed by atoms with van der Waals surface area (Å²) in [5.41, 5.74) is 1.03. The van der Waals surface area contributed by atoms with E-state index in [1.165, 1.54) is 16.7 Å². The minimum atomic E-state index is -1.07. The topological polar surface area (TPSA) is 77.9 Å².